The summed E-state index contributed by atoms with van der Waals surface area (Å²) >= 11 is 0. The molecule has 1 atom stereocenters. The van der Waals surface area contributed by atoms with Gasteiger partial charge in [0.2, 0.25) is 0 Å². The lowest BCUT2D eigenvalue weighted by molar-refractivity contribution is -0.128. The maximum atomic E-state index is 12.5. The number of hydrogen-bond acceptors (Lipinski definition) is 3. The molecule has 0 spiro atoms. The van der Waals surface area contributed by atoms with Crippen molar-refractivity contribution in [3.63, 3.8) is 0 Å². The topological polar surface area (TPSA) is 47.6 Å². The van der Waals surface area contributed by atoms with Crippen LogP contribution in [-0.4, -0.2) is 25.2 Å². The molecule has 1 amide bonds. The number of nitrogens with one attached hydrogen (secondary N) is 1. The van der Waals surface area contributed by atoms with Crippen molar-refractivity contribution in [2.45, 2.75) is 71.3 Å². The molecule has 0 heterocycles. The largest absolute Gasteiger partial charge is 0.492 e. The SMILES string of the molecule is CCC(Oc1ccc2c(c1)CCCC2)C(=O)NCCOc1ccc(C(C)(C)C)cc1. The molecule has 1 unspecified atom stereocenters. The molecule has 0 radical (unpaired) electrons. The second-order valence-corrected chi connectivity index (χ2v) is 9.07. The fourth-order valence-corrected chi connectivity index (χ4v) is 3.78. The van der Waals surface area contributed by atoms with Crippen molar-refractivity contribution < 1.29 is 14.3 Å². The van der Waals surface area contributed by atoms with Crippen LogP contribution in [0.3, 0.4) is 0 Å². The number of hydrogen-bond donors (Lipinski definition) is 1. The highest BCUT2D eigenvalue weighted by Crippen LogP contribution is 2.26. The van der Waals surface area contributed by atoms with Crippen LogP contribution >= 0.6 is 0 Å². The number of aryl methyl sites for hydroxylation is 2. The summed E-state index contributed by atoms with van der Waals surface area (Å²) in [5, 5.41) is 2.93. The quantitative estimate of drug-likeness (QED) is 0.609. The predicted octanol–water partition coefficient (Wildman–Crippen LogP) is 5.22. The van der Waals surface area contributed by atoms with Gasteiger partial charge in [0.25, 0.3) is 5.91 Å². The number of carbonyl (C=O) groups is 1. The summed E-state index contributed by atoms with van der Waals surface area (Å²) in [6.45, 7) is 9.41. The van der Waals surface area contributed by atoms with Gasteiger partial charge in [-0.1, -0.05) is 45.9 Å². The van der Waals surface area contributed by atoms with Crippen LogP contribution in [0.5, 0.6) is 11.5 Å². The van der Waals surface area contributed by atoms with Gasteiger partial charge in [-0.05, 0) is 78.5 Å². The lowest BCUT2D eigenvalue weighted by atomic mass is 9.87. The van der Waals surface area contributed by atoms with Crippen LogP contribution in [0.1, 0.15) is 63.6 Å². The summed E-state index contributed by atoms with van der Waals surface area (Å²) in [5.74, 6) is 1.50. The summed E-state index contributed by atoms with van der Waals surface area (Å²) in [6.07, 6.45) is 4.87. The van der Waals surface area contributed by atoms with Gasteiger partial charge < -0.3 is 14.8 Å². The van der Waals surface area contributed by atoms with E-state index in [-0.39, 0.29) is 11.3 Å². The van der Waals surface area contributed by atoms with Crippen LogP contribution in [0, 0.1) is 0 Å². The van der Waals surface area contributed by atoms with Crippen molar-refractivity contribution in [3.05, 3.63) is 59.2 Å². The van der Waals surface area contributed by atoms with Crippen molar-refractivity contribution >= 4 is 5.91 Å². The van der Waals surface area contributed by atoms with E-state index in [0.29, 0.717) is 19.6 Å². The molecule has 2 aromatic rings. The second kappa shape index (κ2) is 10.0. The minimum atomic E-state index is -0.488. The minimum absolute atomic E-state index is 0.0955. The van der Waals surface area contributed by atoms with Crippen LogP contribution in [0.2, 0.25) is 0 Å². The second-order valence-electron chi connectivity index (χ2n) is 9.07. The van der Waals surface area contributed by atoms with Crippen LogP contribution in [-0.2, 0) is 23.1 Å². The van der Waals surface area contributed by atoms with Gasteiger partial charge in [-0.2, -0.15) is 0 Å². The molecule has 0 saturated heterocycles. The van der Waals surface area contributed by atoms with Gasteiger partial charge >= 0.3 is 0 Å². The zero-order valence-electron chi connectivity index (χ0n) is 18.8. The predicted molar refractivity (Wildman–Crippen MR) is 121 cm³/mol. The molecule has 0 bridgehead atoms. The van der Waals surface area contributed by atoms with E-state index in [1.54, 1.807) is 0 Å². The zero-order chi connectivity index (χ0) is 21.6. The van der Waals surface area contributed by atoms with E-state index in [2.05, 4.69) is 50.4 Å². The number of ether oxygens (including phenoxy) is 2. The molecule has 0 aromatic heterocycles. The van der Waals surface area contributed by atoms with E-state index in [1.165, 1.54) is 29.5 Å². The average Bonchev–Trinajstić information content (AvgIpc) is 2.74. The summed E-state index contributed by atoms with van der Waals surface area (Å²) < 4.78 is 11.8. The molecule has 4 heteroatoms. The third-order valence-corrected chi connectivity index (χ3v) is 5.65. The van der Waals surface area contributed by atoms with E-state index in [4.69, 9.17) is 9.47 Å². The standard InChI is InChI=1S/C26H35NO3/c1-5-24(30-23-13-10-19-8-6-7-9-20(19)18-23)25(28)27-16-17-29-22-14-11-21(12-15-22)26(2,3)4/h10-15,18,24H,5-9,16-17H2,1-4H3,(H,27,28). The molecular weight excluding hydrogens is 374 g/mol. The minimum Gasteiger partial charge on any atom is -0.492 e. The molecule has 3 rings (SSSR count). The van der Waals surface area contributed by atoms with Gasteiger partial charge in [-0.15, -0.1) is 0 Å². The molecule has 0 fully saturated rings. The number of benzene rings is 2. The number of rotatable bonds is 8. The lowest BCUT2D eigenvalue weighted by Crippen LogP contribution is -2.39. The Bertz CT molecular complexity index is 836. The van der Waals surface area contributed by atoms with Gasteiger partial charge in [-0.3, -0.25) is 4.79 Å². The maximum Gasteiger partial charge on any atom is 0.261 e. The van der Waals surface area contributed by atoms with Gasteiger partial charge in [0.05, 0.1) is 6.54 Å². The fourth-order valence-electron chi connectivity index (χ4n) is 3.78. The van der Waals surface area contributed by atoms with E-state index >= 15 is 0 Å². The van der Waals surface area contributed by atoms with E-state index in [1.807, 2.05) is 25.1 Å². The lowest BCUT2D eigenvalue weighted by Gasteiger charge is -2.20. The smallest absolute Gasteiger partial charge is 0.261 e. The van der Waals surface area contributed by atoms with Crippen molar-refractivity contribution in [3.8, 4) is 11.5 Å². The Balaban J connectivity index is 1.45. The van der Waals surface area contributed by atoms with Gasteiger partial charge in [0.15, 0.2) is 6.10 Å². The average molecular weight is 410 g/mol. The molecule has 30 heavy (non-hydrogen) atoms. The molecule has 2 aromatic carbocycles. The molecule has 0 saturated carbocycles. The van der Waals surface area contributed by atoms with Crippen molar-refractivity contribution in [1.82, 2.24) is 5.32 Å². The first-order valence-electron chi connectivity index (χ1n) is 11.2. The van der Waals surface area contributed by atoms with E-state index < -0.39 is 6.10 Å². The maximum absolute atomic E-state index is 12.5. The normalized spacial score (nSPS) is 14.5. The van der Waals surface area contributed by atoms with Gasteiger partial charge in [0.1, 0.15) is 18.1 Å². The molecule has 1 aliphatic rings. The van der Waals surface area contributed by atoms with Crippen LogP contribution < -0.4 is 14.8 Å². The Labute approximate surface area is 181 Å². The molecular formula is C26H35NO3. The van der Waals surface area contributed by atoms with Crippen molar-refractivity contribution in [1.29, 1.82) is 0 Å². The number of carbonyl (C=O) groups excluding carboxylic acids is 1. The van der Waals surface area contributed by atoms with Crippen LogP contribution in [0.25, 0.3) is 0 Å². The number of amides is 1. The fraction of sp³-hybridized carbons (Fsp3) is 0.500. The Morgan fingerprint density at radius 2 is 1.67 bits per heavy atom. The van der Waals surface area contributed by atoms with Gasteiger partial charge in [-0.25, -0.2) is 0 Å². The van der Waals surface area contributed by atoms with Crippen molar-refractivity contribution in [2.75, 3.05) is 13.2 Å². The summed E-state index contributed by atoms with van der Waals surface area (Å²) in [4.78, 5) is 12.5. The molecule has 4 nitrogen and oxygen atoms in total. The van der Waals surface area contributed by atoms with Crippen LogP contribution in [0.15, 0.2) is 42.5 Å². The summed E-state index contributed by atoms with van der Waals surface area (Å²) in [7, 11) is 0. The van der Waals surface area contributed by atoms with Crippen LogP contribution in [0.4, 0.5) is 0 Å². The molecule has 0 aliphatic heterocycles. The molecule has 1 N–H and O–H groups in total. The van der Waals surface area contributed by atoms with E-state index in [0.717, 1.165) is 24.3 Å². The summed E-state index contributed by atoms with van der Waals surface area (Å²) in [6, 6.07) is 14.4. The number of fused-ring (bicyclic) bond motifs is 1. The third-order valence-electron chi connectivity index (χ3n) is 5.65. The first-order chi connectivity index (χ1) is 14.4. The molecule has 1 aliphatic carbocycles. The first kappa shape index (κ1) is 22.2. The molecule has 162 valence electrons. The monoisotopic (exact) mass is 409 g/mol. The Hall–Kier alpha value is -2.49. The van der Waals surface area contributed by atoms with Gasteiger partial charge in [0, 0.05) is 0 Å². The third kappa shape index (κ3) is 6.01. The Kier molecular flexibility index (Phi) is 7.41. The van der Waals surface area contributed by atoms with E-state index in [9.17, 15) is 4.79 Å². The Morgan fingerprint density at radius 3 is 2.33 bits per heavy atom. The zero-order valence-corrected chi connectivity index (χ0v) is 18.8. The highest BCUT2D eigenvalue weighted by Gasteiger charge is 2.19. The highest BCUT2D eigenvalue weighted by molar-refractivity contribution is 5.81. The first-order valence-corrected chi connectivity index (χ1v) is 11.2. The van der Waals surface area contributed by atoms with Crippen molar-refractivity contribution in [2.24, 2.45) is 0 Å². The Morgan fingerprint density at radius 1 is 1.00 bits per heavy atom. The summed E-state index contributed by atoms with van der Waals surface area (Å²) in [5.41, 5.74) is 4.17. The highest BCUT2D eigenvalue weighted by atomic mass is 16.5.